The summed E-state index contributed by atoms with van der Waals surface area (Å²) < 4.78 is 80.7. The third kappa shape index (κ3) is 6.40. The number of carbonyl (C=O) groups excluding carboxylic acids is 1. The lowest BCUT2D eigenvalue weighted by atomic mass is 10.1. The van der Waals surface area contributed by atoms with E-state index < -0.39 is 24.0 Å². The molecule has 3 rings (SSSR count). The maximum atomic E-state index is 12.8. The molecule has 2 saturated heterocycles. The third-order valence-corrected chi connectivity index (χ3v) is 4.42. The first-order valence-electron chi connectivity index (χ1n) is 8.69. The number of carboxylic acid groups (broad SMARTS) is 1. The molecule has 0 radical (unpaired) electrons. The van der Waals surface area contributed by atoms with Gasteiger partial charge in [-0.1, -0.05) is 0 Å². The maximum absolute atomic E-state index is 12.8. The molecule has 2 aliphatic heterocycles. The molecule has 174 valence electrons. The molecule has 2 atom stereocenters. The normalized spacial score (nSPS) is 21.5. The zero-order valence-corrected chi connectivity index (χ0v) is 16.0. The van der Waals surface area contributed by atoms with Crippen LogP contribution in [0.15, 0.2) is 12.4 Å². The Kier molecular flexibility index (Phi) is 7.64. The van der Waals surface area contributed by atoms with Gasteiger partial charge in [-0.2, -0.15) is 26.3 Å². The van der Waals surface area contributed by atoms with Crippen molar-refractivity contribution >= 4 is 17.7 Å². The number of carbonyl (C=O) groups is 2. The van der Waals surface area contributed by atoms with E-state index in [1.807, 2.05) is 0 Å². The Morgan fingerprint density at radius 1 is 1.26 bits per heavy atom. The fraction of sp³-hybridized carbons (Fsp3) is 0.625. The standard InChI is InChI=1S/C14H17F3N4O3.C2HF3O2/c1-23-3-2-21-9-5-20(6-10(9)24-7-13(21)22)12-4-11(14(15,16)17)18-8-19-12;3-2(4,5)1(6)7/h4,8-10H,2-3,5-7H2,1H3;(H,6,7)/t9-,10-;/m1./s1. The molecule has 1 aromatic heterocycles. The third-order valence-electron chi connectivity index (χ3n) is 4.42. The van der Waals surface area contributed by atoms with Crippen LogP contribution in [0.3, 0.4) is 0 Å². The Morgan fingerprint density at radius 2 is 1.90 bits per heavy atom. The molecule has 1 aromatic rings. The van der Waals surface area contributed by atoms with Crippen LogP contribution in [0.2, 0.25) is 0 Å². The van der Waals surface area contributed by atoms with Crippen molar-refractivity contribution < 1.29 is 50.5 Å². The second-order valence-electron chi connectivity index (χ2n) is 6.46. The summed E-state index contributed by atoms with van der Waals surface area (Å²) in [6, 6.07) is 0.684. The van der Waals surface area contributed by atoms with Crippen LogP contribution < -0.4 is 4.90 Å². The van der Waals surface area contributed by atoms with Crippen molar-refractivity contribution in [2.45, 2.75) is 24.5 Å². The molecular weight excluding hydrogens is 442 g/mol. The Labute approximate surface area is 171 Å². The lowest BCUT2D eigenvalue weighted by molar-refractivity contribution is -0.192. The average Bonchev–Trinajstić information content (AvgIpc) is 3.11. The number of halogens is 6. The molecule has 2 fully saturated rings. The van der Waals surface area contributed by atoms with Crippen molar-refractivity contribution in [3.05, 3.63) is 18.1 Å². The van der Waals surface area contributed by atoms with Gasteiger partial charge in [-0.25, -0.2) is 14.8 Å². The van der Waals surface area contributed by atoms with Crippen molar-refractivity contribution in [3.63, 3.8) is 0 Å². The molecule has 3 heterocycles. The van der Waals surface area contributed by atoms with Gasteiger partial charge in [-0.05, 0) is 0 Å². The second-order valence-corrected chi connectivity index (χ2v) is 6.46. The van der Waals surface area contributed by atoms with E-state index in [4.69, 9.17) is 19.4 Å². The Bertz CT molecular complexity index is 790. The summed E-state index contributed by atoms with van der Waals surface area (Å²) >= 11 is 0. The van der Waals surface area contributed by atoms with Crippen LogP contribution in [-0.4, -0.2) is 90.1 Å². The molecule has 0 spiro atoms. The number of rotatable bonds is 4. The monoisotopic (exact) mass is 460 g/mol. The molecule has 0 unspecified atom stereocenters. The average molecular weight is 460 g/mol. The number of aromatic nitrogens is 2. The van der Waals surface area contributed by atoms with Gasteiger partial charge < -0.3 is 24.4 Å². The van der Waals surface area contributed by atoms with E-state index in [1.165, 1.54) is 0 Å². The fourth-order valence-electron chi connectivity index (χ4n) is 3.01. The number of hydrogen-bond donors (Lipinski definition) is 1. The van der Waals surface area contributed by atoms with Crippen molar-refractivity contribution in [2.75, 3.05) is 44.9 Å². The first-order valence-corrected chi connectivity index (χ1v) is 8.69. The Balaban J connectivity index is 0.000000423. The Hall–Kier alpha value is -2.68. The number of hydrogen-bond acceptors (Lipinski definition) is 7. The predicted octanol–water partition coefficient (Wildman–Crippen LogP) is 1.19. The number of anilines is 1. The summed E-state index contributed by atoms with van der Waals surface area (Å²) in [4.78, 5) is 31.5. The highest BCUT2D eigenvalue weighted by Gasteiger charge is 2.44. The number of nitrogens with zero attached hydrogens (tertiary/aromatic N) is 4. The number of carboxylic acids is 1. The summed E-state index contributed by atoms with van der Waals surface area (Å²) in [5.74, 6) is -2.73. The summed E-state index contributed by atoms with van der Waals surface area (Å²) in [5.41, 5.74) is -0.990. The molecule has 0 bridgehead atoms. The molecule has 0 aliphatic carbocycles. The molecule has 0 saturated carbocycles. The van der Waals surface area contributed by atoms with Gasteiger partial charge in [0.2, 0.25) is 5.91 Å². The first-order chi connectivity index (χ1) is 14.3. The number of methoxy groups -OCH3 is 1. The van der Waals surface area contributed by atoms with Gasteiger partial charge in [-0.3, -0.25) is 4.79 Å². The summed E-state index contributed by atoms with van der Waals surface area (Å²) in [6.45, 7) is 1.51. The van der Waals surface area contributed by atoms with Crippen LogP contribution in [0.25, 0.3) is 0 Å². The number of ether oxygens (including phenoxy) is 2. The number of aliphatic carboxylic acids is 1. The minimum absolute atomic E-state index is 0.0315. The van der Waals surface area contributed by atoms with Crippen molar-refractivity contribution in [1.29, 1.82) is 0 Å². The first kappa shape index (κ1) is 24.6. The molecule has 15 heteroatoms. The van der Waals surface area contributed by atoms with Crippen molar-refractivity contribution in [1.82, 2.24) is 14.9 Å². The number of fused-ring (bicyclic) bond motifs is 1. The van der Waals surface area contributed by atoms with E-state index in [2.05, 4.69) is 9.97 Å². The van der Waals surface area contributed by atoms with E-state index in [0.29, 0.717) is 26.2 Å². The van der Waals surface area contributed by atoms with Crippen LogP contribution >= 0.6 is 0 Å². The highest BCUT2D eigenvalue weighted by Crippen LogP contribution is 2.31. The highest BCUT2D eigenvalue weighted by atomic mass is 19.4. The second kappa shape index (κ2) is 9.64. The lowest BCUT2D eigenvalue weighted by Crippen LogP contribution is -2.54. The van der Waals surface area contributed by atoms with Crippen LogP contribution in [-0.2, 0) is 25.2 Å². The van der Waals surface area contributed by atoms with Crippen LogP contribution in [0.5, 0.6) is 0 Å². The van der Waals surface area contributed by atoms with Crippen molar-refractivity contribution in [3.8, 4) is 0 Å². The van der Waals surface area contributed by atoms with E-state index in [0.717, 1.165) is 12.4 Å². The van der Waals surface area contributed by atoms with E-state index in [9.17, 15) is 31.1 Å². The number of morpholine rings is 1. The van der Waals surface area contributed by atoms with Gasteiger partial charge in [0.1, 0.15) is 24.4 Å². The minimum Gasteiger partial charge on any atom is -0.475 e. The summed E-state index contributed by atoms with van der Waals surface area (Å²) in [7, 11) is 1.54. The smallest absolute Gasteiger partial charge is 0.475 e. The predicted molar refractivity (Wildman–Crippen MR) is 90.1 cm³/mol. The zero-order chi connectivity index (χ0) is 23.4. The van der Waals surface area contributed by atoms with E-state index in [-0.39, 0.29) is 30.5 Å². The summed E-state index contributed by atoms with van der Waals surface area (Å²) in [5, 5.41) is 7.12. The fourth-order valence-corrected chi connectivity index (χ4v) is 3.01. The SMILES string of the molecule is COCCN1C(=O)CO[C@@H]2CN(c3cc(C(F)(F)F)ncn3)C[C@H]21.O=C(O)C(F)(F)F. The topological polar surface area (TPSA) is 105 Å². The van der Waals surface area contributed by atoms with E-state index in [1.54, 1.807) is 16.9 Å². The molecule has 31 heavy (non-hydrogen) atoms. The number of amides is 1. The highest BCUT2D eigenvalue weighted by molar-refractivity contribution is 5.79. The molecule has 1 amide bonds. The Morgan fingerprint density at radius 3 is 2.45 bits per heavy atom. The van der Waals surface area contributed by atoms with Gasteiger partial charge in [0, 0.05) is 32.8 Å². The van der Waals surface area contributed by atoms with Gasteiger partial charge in [0.25, 0.3) is 0 Å². The zero-order valence-electron chi connectivity index (χ0n) is 16.0. The van der Waals surface area contributed by atoms with Gasteiger partial charge in [-0.15, -0.1) is 0 Å². The molecule has 1 N–H and O–H groups in total. The number of alkyl halides is 6. The molecular formula is C16H18F6N4O5. The van der Waals surface area contributed by atoms with Crippen LogP contribution in [0, 0.1) is 0 Å². The van der Waals surface area contributed by atoms with Gasteiger partial charge >= 0.3 is 18.3 Å². The maximum Gasteiger partial charge on any atom is 0.490 e. The van der Waals surface area contributed by atoms with Crippen LogP contribution in [0.1, 0.15) is 5.69 Å². The van der Waals surface area contributed by atoms with Gasteiger partial charge in [0.15, 0.2) is 0 Å². The molecule has 9 nitrogen and oxygen atoms in total. The van der Waals surface area contributed by atoms with Gasteiger partial charge in [0.05, 0.1) is 18.8 Å². The van der Waals surface area contributed by atoms with E-state index >= 15 is 0 Å². The lowest BCUT2D eigenvalue weighted by Gasteiger charge is -2.36. The van der Waals surface area contributed by atoms with Crippen molar-refractivity contribution in [2.24, 2.45) is 0 Å². The molecule has 2 aliphatic rings. The van der Waals surface area contributed by atoms with Crippen LogP contribution in [0.4, 0.5) is 32.2 Å². The minimum atomic E-state index is -5.08. The quantitative estimate of drug-likeness (QED) is 0.669. The summed E-state index contributed by atoms with van der Waals surface area (Å²) in [6.07, 6.45) is -8.97. The largest absolute Gasteiger partial charge is 0.490 e. The molecule has 0 aromatic carbocycles.